The molecule has 0 fully saturated rings. The van der Waals surface area contributed by atoms with E-state index in [1.165, 1.54) is 12.1 Å². The van der Waals surface area contributed by atoms with E-state index in [1.807, 2.05) is 13.8 Å². The lowest BCUT2D eigenvalue weighted by molar-refractivity contribution is 0.0697. The van der Waals surface area contributed by atoms with Crippen LogP contribution in [0.2, 0.25) is 10.0 Å². The van der Waals surface area contributed by atoms with Crippen LogP contribution in [-0.4, -0.2) is 11.1 Å². The van der Waals surface area contributed by atoms with E-state index in [0.717, 1.165) is 11.1 Å². The second-order valence-electron chi connectivity index (χ2n) is 4.42. The van der Waals surface area contributed by atoms with E-state index < -0.39 is 5.97 Å². The molecule has 104 valence electrons. The van der Waals surface area contributed by atoms with Gasteiger partial charge in [-0.3, -0.25) is 0 Å². The van der Waals surface area contributed by atoms with Crippen LogP contribution in [-0.2, 0) is 0 Å². The highest BCUT2D eigenvalue weighted by molar-refractivity contribution is 6.33. The molecule has 0 unspecified atom stereocenters. The number of hydrogen-bond acceptors (Lipinski definition) is 2. The van der Waals surface area contributed by atoms with Crippen molar-refractivity contribution < 1.29 is 14.6 Å². The number of ether oxygens (including phenoxy) is 1. The van der Waals surface area contributed by atoms with E-state index in [9.17, 15) is 4.79 Å². The summed E-state index contributed by atoms with van der Waals surface area (Å²) in [5.74, 6) is 0.0995. The minimum Gasteiger partial charge on any atom is -0.478 e. The van der Waals surface area contributed by atoms with Crippen LogP contribution >= 0.6 is 23.2 Å². The molecule has 0 saturated heterocycles. The number of halogens is 2. The standard InChI is InChI=1S/C15H12Cl2O3/c1-8-5-10(16)6-9(2)14(8)20-11-3-4-12(15(18)19)13(17)7-11/h3-7H,1-2H3,(H,18,19). The van der Waals surface area contributed by atoms with E-state index in [1.54, 1.807) is 18.2 Å². The highest BCUT2D eigenvalue weighted by atomic mass is 35.5. The van der Waals surface area contributed by atoms with Gasteiger partial charge in [0.25, 0.3) is 0 Å². The van der Waals surface area contributed by atoms with E-state index in [0.29, 0.717) is 16.5 Å². The molecule has 0 atom stereocenters. The fourth-order valence-electron chi connectivity index (χ4n) is 1.91. The number of hydrogen-bond donors (Lipinski definition) is 1. The summed E-state index contributed by atoms with van der Waals surface area (Å²) in [7, 11) is 0. The molecule has 0 aliphatic rings. The first-order valence-electron chi connectivity index (χ1n) is 5.86. The molecule has 3 nitrogen and oxygen atoms in total. The van der Waals surface area contributed by atoms with Gasteiger partial charge in [-0.25, -0.2) is 4.79 Å². The van der Waals surface area contributed by atoms with Crippen LogP contribution in [0.5, 0.6) is 11.5 Å². The Bertz CT molecular complexity index is 658. The third-order valence-corrected chi connectivity index (χ3v) is 3.35. The van der Waals surface area contributed by atoms with Crippen molar-refractivity contribution in [3.8, 4) is 11.5 Å². The molecule has 0 bridgehead atoms. The maximum Gasteiger partial charge on any atom is 0.337 e. The number of aryl methyl sites for hydroxylation is 2. The van der Waals surface area contributed by atoms with E-state index in [2.05, 4.69) is 0 Å². The van der Waals surface area contributed by atoms with Crippen molar-refractivity contribution in [1.82, 2.24) is 0 Å². The summed E-state index contributed by atoms with van der Waals surface area (Å²) in [6.07, 6.45) is 0. The fourth-order valence-corrected chi connectivity index (χ4v) is 2.49. The maximum absolute atomic E-state index is 10.9. The Hall–Kier alpha value is -1.71. The topological polar surface area (TPSA) is 46.5 Å². The summed E-state index contributed by atoms with van der Waals surface area (Å²) in [6, 6.07) is 8.08. The maximum atomic E-state index is 10.9. The monoisotopic (exact) mass is 310 g/mol. The second kappa shape index (κ2) is 5.73. The highest BCUT2D eigenvalue weighted by Crippen LogP contribution is 2.33. The highest BCUT2D eigenvalue weighted by Gasteiger charge is 2.12. The molecule has 2 aromatic carbocycles. The minimum atomic E-state index is -1.07. The van der Waals surface area contributed by atoms with Crippen LogP contribution in [0.3, 0.4) is 0 Å². The Morgan fingerprint density at radius 2 is 1.70 bits per heavy atom. The summed E-state index contributed by atoms with van der Waals surface area (Å²) in [6.45, 7) is 3.78. The Kier molecular flexibility index (Phi) is 4.21. The number of carbonyl (C=O) groups is 1. The second-order valence-corrected chi connectivity index (χ2v) is 5.26. The van der Waals surface area contributed by atoms with Gasteiger partial charge in [-0.05, 0) is 49.2 Å². The van der Waals surface area contributed by atoms with Crippen molar-refractivity contribution in [1.29, 1.82) is 0 Å². The zero-order valence-corrected chi connectivity index (χ0v) is 12.4. The smallest absolute Gasteiger partial charge is 0.337 e. The number of rotatable bonds is 3. The average Bonchev–Trinajstić information content (AvgIpc) is 2.33. The van der Waals surface area contributed by atoms with Crippen LogP contribution < -0.4 is 4.74 Å². The Balaban J connectivity index is 2.36. The van der Waals surface area contributed by atoms with E-state index >= 15 is 0 Å². The first-order valence-corrected chi connectivity index (χ1v) is 6.61. The largest absolute Gasteiger partial charge is 0.478 e. The molecule has 0 spiro atoms. The van der Waals surface area contributed by atoms with Crippen molar-refractivity contribution in [2.45, 2.75) is 13.8 Å². The Morgan fingerprint density at radius 1 is 1.10 bits per heavy atom. The molecular formula is C15H12Cl2O3. The summed E-state index contributed by atoms with van der Waals surface area (Å²) in [5.41, 5.74) is 1.84. The fraction of sp³-hybridized carbons (Fsp3) is 0.133. The van der Waals surface area contributed by atoms with Crippen molar-refractivity contribution in [3.05, 3.63) is 57.1 Å². The molecule has 0 amide bonds. The van der Waals surface area contributed by atoms with Crippen LogP contribution in [0.25, 0.3) is 0 Å². The lowest BCUT2D eigenvalue weighted by atomic mass is 10.1. The zero-order chi connectivity index (χ0) is 14.9. The molecule has 0 aromatic heterocycles. The van der Waals surface area contributed by atoms with Crippen molar-refractivity contribution in [3.63, 3.8) is 0 Å². The average molecular weight is 311 g/mol. The summed E-state index contributed by atoms with van der Waals surface area (Å²) in [5, 5.41) is 9.71. The Morgan fingerprint density at radius 3 is 2.20 bits per heavy atom. The van der Waals surface area contributed by atoms with Gasteiger partial charge >= 0.3 is 5.97 Å². The third-order valence-electron chi connectivity index (χ3n) is 2.82. The van der Waals surface area contributed by atoms with Crippen molar-refractivity contribution in [2.75, 3.05) is 0 Å². The van der Waals surface area contributed by atoms with Crippen LogP contribution in [0.1, 0.15) is 21.5 Å². The minimum absolute atomic E-state index is 0.0450. The number of benzene rings is 2. The SMILES string of the molecule is Cc1cc(Cl)cc(C)c1Oc1ccc(C(=O)O)c(Cl)c1. The number of aromatic carboxylic acids is 1. The summed E-state index contributed by atoms with van der Waals surface area (Å²) < 4.78 is 5.77. The van der Waals surface area contributed by atoms with Crippen molar-refractivity contribution >= 4 is 29.2 Å². The normalized spacial score (nSPS) is 10.4. The molecule has 2 rings (SSSR count). The quantitative estimate of drug-likeness (QED) is 0.857. The van der Waals surface area contributed by atoms with Gasteiger partial charge in [-0.15, -0.1) is 0 Å². The molecule has 1 N–H and O–H groups in total. The molecule has 2 aromatic rings. The molecule has 0 aliphatic heterocycles. The van der Waals surface area contributed by atoms with E-state index in [4.69, 9.17) is 33.0 Å². The van der Waals surface area contributed by atoms with Crippen LogP contribution in [0.15, 0.2) is 30.3 Å². The first kappa shape index (κ1) is 14.7. The van der Waals surface area contributed by atoms with Crippen LogP contribution in [0, 0.1) is 13.8 Å². The number of carboxylic acids is 1. The van der Waals surface area contributed by atoms with E-state index in [-0.39, 0.29) is 10.6 Å². The zero-order valence-electron chi connectivity index (χ0n) is 10.9. The lowest BCUT2D eigenvalue weighted by Crippen LogP contribution is -1.98. The molecule has 0 saturated carbocycles. The Labute approximate surface area is 126 Å². The predicted octanol–water partition coefficient (Wildman–Crippen LogP) is 5.10. The summed E-state index contributed by atoms with van der Waals surface area (Å²) >= 11 is 11.9. The van der Waals surface area contributed by atoms with Gasteiger partial charge in [0.1, 0.15) is 11.5 Å². The van der Waals surface area contributed by atoms with Gasteiger partial charge in [-0.2, -0.15) is 0 Å². The van der Waals surface area contributed by atoms with Gasteiger partial charge < -0.3 is 9.84 Å². The van der Waals surface area contributed by atoms with Crippen LogP contribution in [0.4, 0.5) is 0 Å². The molecule has 20 heavy (non-hydrogen) atoms. The third kappa shape index (κ3) is 3.06. The van der Waals surface area contributed by atoms with Gasteiger partial charge in [0, 0.05) is 11.1 Å². The number of carboxylic acid groups (broad SMARTS) is 1. The summed E-state index contributed by atoms with van der Waals surface area (Å²) in [4.78, 5) is 10.9. The van der Waals surface area contributed by atoms with Crippen molar-refractivity contribution in [2.24, 2.45) is 0 Å². The van der Waals surface area contributed by atoms with Gasteiger partial charge in [0.05, 0.1) is 10.6 Å². The molecular weight excluding hydrogens is 299 g/mol. The van der Waals surface area contributed by atoms with Gasteiger partial charge in [0.2, 0.25) is 0 Å². The molecule has 0 radical (unpaired) electrons. The first-order chi connectivity index (χ1) is 9.38. The van der Waals surface area contributed by atoms with Gasteiger partial charge in [0.15, 0.2) is 0 Å². The molecule has 0 heterocycles. The van der Waals surface area contributed by atoms with Gasteiger partial charge in [-0.1, -0.05) is 23.2 Å². The molecule has 0 aliphatic carbocycles. The molecule has 5 heteroatoms. The predicted molar refractivity (Wildman–Crippen MR) is 79.4 cm³/mol. The lowest BCUT2D eigenvalue weighted by Gasteiger charge is -2.13.